The fourth-order valence-corrected chi connectivity index (χ4v) is 2.76. The molecule has 1 heterocycles. The van der Waals surface area contributed by atoms with Crippen molar-refractivity contribution in [1.29, 1.82) is 0 Å². The lowest BCUT2D eigenvalue weighted by molar-refractivity contribution is -0.384. The second-order valence-corrected chi connectivity index (χ2v) is 5.40. The molecule has 1 aliphatic carbocycles. The fraction of sp³-hybridized carbons (Fsp3) is 0.615. The van der Waals surface area contributed by atoms with Gasteiger partial charge in [-0.2, -0.15) is 0 Å². The Balaban J connectivity index is 1.86. The van der Waals surface area contributed by atoms with Crippen molar-refractivity contribution in [3.63, 3.8) is 0 Å². The molecule has 0 aliphatic heterocycles. The minimum absolute atomic E-state index is 0.0276. The third-order valence-corrected chi connectivity index (χ3v) is 3.77. The van der Waals surface area contributed by atoms with E-state index in [-0.39, 0.29) is 10.8 Å². The summed E-state index contributed by atoms with van der Waals surface area (Å²) < 4.78 is 0. The van der Waals surface area contributed by atoms with E-state index in [4.69, 9.17) is 11.6 Å². The number of nitrogens with zero attached hydrogens (tertiary/aromatic N) is 2. The minimum Gasteiger partial charge on any atom is -0.370 e. The lowest BCUT2D eigenvalue weighted by Gasteiger charge is -2.21. The van der Waals surface area contributed by atoms with Gasteiger partial charge in [0.25, 0.3) is 5.69 Å². The standard InChI is InChI=1S/C13H18ClN3O2/c14-12-8-11(17(18)19)9-13(16-12)15-7-6-10-4-2-1-3-5-10/h8-10H,1-7H2,(H,15,16). The van der Waals surface area contributed by atoms with Gasteiger partial charge in [-0.05, 0) is 12.3 Å². The zero-order valence-electron chi connectivity index (χ0n) is 10.8. The minimum atomic E-state index is -0.458. The molecule has 0 unspecified atom stereocenters. The molecule has 0 spiro atoms. The van der Waals surface area contributed by atoms with Crippen LogP contribution in [0.4, 0.5) is 11.5 Å². The molecule has 0 amide bonds. The van der Waals surface area contributed by atoms with Crippen molar-refractivity contribution in [2.45, 2.75) is 38.5 Å². The quantitative estimate of drug-likeness (QED) is 0.503. The van der Waals surface area contributed by atoms with E-state index in [2.05, 4.69) is 10.3 Å². The Morgan fingerprint density at radius 2 is 2.11 bits per heavy atom. The van der Waals surface area contributed by atoms with Crippen LogP contribution in [0.1, 0.15) is 38.5 Å². The third-order valence-electron chi connectivity index (χ3n) is 3.57. The zero-order valence-corrected chi connectivity index (χ0v) is 11.5. The molecule has 2 rings (SSSR count). The van der Waals surface area contributed by atoms with E-state index in [1.807, 2.05) is 0 Å². The van der Waals surface area contributed by atoms with Crippen LogP contribution in [0, 0.1) is 16.0 Å². The van der Waals surface area contributed by atoms with E-state index >= 15 is 0 Å². The first-order chi connectivity index (χ1) is 9.15. The highest BCUT2D eigenvalue weighted by Crippen LogP contribution is 2.26. The first kappa shape index (κ1) is 14.1. The number of hydrogen-bond acceptors (Lipinski definition) is 4. The summed E-state index contributed by atoms with van der Waals surface area (Å²) >= 11 is 5.77. The highest BCUT2D eigenvalue weighted by Gasteiger charge is 2.14. The smallest absolute Gasteiger partial charge is 0.276 e. The van der Waals surface area contributed by atoms with Crippen molar-refractivity contribution in [3.8, 4) is 0 Å². The first-order valence-electron chi connectivity index (χ1n) is 6.71. The van der Waals surface area contributed by atoms with Crippen LogP contribution in [0.25, 0.3) is 0 Å². The van der Waals surface area contributed by atoms with Gasteiger partial charge < -0.3 is 5.32 Å². The second-order valence-electron chi connectivity index (χ2n) is 5.01. The summed E-state index contributed by atoms with van der Waals surface area (Å²) in [5, 5.41) is 14.0. The summed E-state index contributed by atoms with van der Waals surface area (Å²) in [6.45, 7) is 0.787. The van der Waals surface area contributed by atoms with Crippen molar-refractivity contribution in [3.05, 3.63) is 27.4 Å². The lowest BCUT2D eigenvalue weighted by atomic mass is 9.87. The molecule has 1 aliphatic rings. The van der Waals surface area contributed by atoms with E-state index in [0.717, 1.165) is 18.9 Å². The molecule has 5 nitrogen and oxygen atoms in total. The third kappa shape index (κ3) is 4.35. The molecule has 1 N–H and O–H groups in total. The Kier molecular flexibility index (Phi) is 4.96. The highest BCUT2D eigenvalue weighted by atomic mass is 35.5. The molecule has 0 aromatic carbocycles. The number of hydrogen-bond donors (Lipinski definition) is 1. The molecule has 0 radical (unpaired) electrons. The van der Waals surface area contributed by atoms with Crippen LogP contribution >= 0.6 is 11.6 Å². The van der Waals surface area contributed by atoms with Gasteiger partial charge in [0.05, 0.1) is 17.1 Å². The van der Waals surface area contributed by atoms with Crippen LogP contribution < -0.4 is 5.32 Å². The van der Waals surface area contributed by atoms with Crippen LogP contribution in [-0.4, -0.2) is 16.5 Å². The Bertz CT molecular complexity index is 448. The van der Waals surface area contributed by atoms with Gasteiger partial charge in [0.15, 0.2) is 0 Å². The molecule has 6 heteroatoms. The molecular weight excluding hydrogens is 266 g/mol. The molecule has 1 saturated carbocycles. The normalized spacial score (nSPS) is 16.3. The Morgan fingerprint density at radius 3 is 2.79 bits per heavy atom. The molecule has 104 valence electrons. The van der Waals surface area contributed by atoms with Crippen molar-refractivity contribution in [1.82, 2.24) is 4.98 Å². The molecule has 0 saturated heterocycles. The Hall–Kier alpha value is -1.36. The number of rotatable bonds is 5. The summed E-state index contributed by atoms with van der Waals surface area (Å²) in [6, 6.07) is 2.68. The largest absolute Gasteiger partial charge is 0.370 e. The average molecular weight is 284 g/mol. The van der Waals surface area contributed by atoms with Gasteiger partial charge in [-0.3, -0.25) is 10.1 Å². The number of aromatic nitrogens is 1. The number of pyridine rings is 1. The van der Waals surface area contributed by atoms with Crippen molar-refractivity contribution in [2.75, 3.05) is 11.9 Å². The van der Waals surface area contributed by atoms with E-state index in [0.29, 0.717) is 5.82 Å². The van der Waals surface area contributed by atoms with Crippen LogP contribution in [0.5, 0.6) is 0 Å². The fourth-order valence-electron chi connectivity index (χ4n) is 2.56. The molecular formula is C13H18ClN3O2. The molecule has 19 heavy (non-hydrogen) atoms. The predicted molar refractivity (Wildman–Crippen MR) is 75.6 cm³/mol. The van der Waals surface area contributed by atoms with Crippen molar-refractivity contribution in [2.24, 2.45) is 5.92 Å². The molecule has 1 aromatic heterocycles. The molecule has 0 bridgehead atoms. The maximum absolute atomic E-state index is 10.7. The summed E-state index contributed by atoms with van der Waals surface area (Å²) in [6.07, 6.45) is 7.68. The maximum atomic E-state index is 10.7. The SMILES string of the molecule is O=[N+]([O-])c1cc(Cl)nc(NCCC2CCCCC2)c1. The van der Waals surface area contributed by atoms with Crippen molar-refractivity contribution < 1.29 is 4.92 Å². The molecule has 1 aromatic rings. The Morgan fingerprint density at radius 1 is 1.37 bits per heavy atom. The molecule has 1 fully saturated rings. The van der Waals surface area contributed by atoms with E-state index in [1.165, 1.54) is 44.2 Å². The number of halogens is 1. The number of nitro groups is 1. The van der Waals surface area contributed by atoms with Crippen molar-refractivity contribution >= 4 is 23.1 Å². The van der Waals surface area contributed by atoms with Gasteiger partial charge in [-0.25, -0.2) is 4.98 Å². The van der Waals surface area contributed by atoms with E-state index in [9.17, 15) is 10.1 Å². The lowest BCUT2D eigenvalue weighted by Crippen LogP contribution is -2.12. The average Bonchev–Trinajstić information content (AvgIpc) is 2.39. The van der Waals surface area contributed by atoms with Gasteiger partial charge in [0.1, 0.15) is 11.0 Å². The van der Waals surface area contributed by atoms with E-state index < -0.39 is 4.92 Å². The van der Waals surface area contributed by atoms with Crippen LogP contribution in [0.3, 0.4) is 0 Å². The number of nitrogens with one attached hydrogen (secondary N) is 1. The summed E-state index contributed by atoms with van der Waals surface area (Å²) in [7, 11) is 0. The van der Waals surface area contributed by atoms with Gasteiger partial charge >= 0.3 is 0 Å². The van der Waals surface area contributed by atoms with E-state index in [1.54, 1.807) is 0 Å². The summed E-state index contributed by atoms with van der Waals surface area (Å²) in [5.41, 5.74) is -0.0276. The highest BCUT2D eigenvalue weighted by molar-refractivity contribution is 6.29. The van der Waals surface area contributed by atoms with Gasteiger partial charge in [0, 0.05) is 6.54 Å². The zero-order chi connectivity index (χ0) is 13.7. The second kappa shape index (κ2) is 6.70. The molecule has 0 atom stereocenters. The summed E-state index contributed by atoms with van der Waals surface area (Å²) in [4.78, 5) is 14.3. The first-order valence-corrected chi connectivity index (χ1v) is 7.09. The topological polar surface area (TPSA) is 68.1 Å². The monoisotopic (exact) mass is 283 g/mol. The Labute approximate surface area is 117 Å². The summed E-state index contributed by atoms with van der Waals surface area (Å²) in [5.74, 6) is 1.26. The maximum Gasteiger partial charge on any atom is 0.276 e. The van der Waals surface area contributed by atoms with Crippen LogP contribution in [-0.2, 0) is 0 Å². The van der Waals surface area contributed by atoms with Gasteiger partial charge in [-0.1, -0.05) is 43.7 Å². The van der Waals surface area contributed by atoms with Gasteiger partial charge in [0.2, 0.25) is 0 Å². The number of anilines is 1. The van der Waals surface area contributed by atoms with Crippen LogP contribution in [0.2, 0.25) is 5.15 Å². The van der Waals surface area contributed by atoms with Gasteiger partial charge in [-0.15, -0.1) is 0 Å². The van der Waals surface area contributed by atoms with Crippen LogP contribution in [0.15, 0.2) is 12.1 Å². The predicted octanol–water partition coefficient (Wildman–Crippen LogP) is 4.03.